The van der Waals surface area contributed by atoms with Crippen LogP contribution in [-0.4, -0.2) is 11.7 Å². The summed E-state index contributed by atoms with van der Waals surface area (Å²) in [7, 11) is 0. The molecular weight excluding hydrogens is 326 g/mol. The van der Waals surface area contributed by atoms with Gasteiger partial charge < -0.3 is 10.4 Å². The van der Waals surface area contributed by atoms with Crippen LogP contribution in [-0.2, 0) is 6.54 Å². The van der Waals surface area contributed by atoms with E-state index in [1.165, 1.54) is 11.1 Å². The molecule has 0 radical (unpaired) electrons. The van der Waals surface area contributed by atoms with Crippen LogP contribution in [0.2, 0.25) is 0 Å². The van der Waals surface area contributed by atoms with E-state index in [1.807, 2.05) is 24.3 Å². The summed E-state index contributed by atoms with van der Waals surface area (Å²) in [6, 6.07) is 16.4. The molecule has 2 aromatic rings. The highest BCUT2D eigenvalue weighted by Crippen LogP contribution is 2.18. The Bertz CT molecular complexity index is 566. The van der Waals surface area contributed by atoms with E-state index in [-0.39, 0.29) is 0 Å². The highest BCUT2D eigenvalue weighted by Gasteiger charge is 2.07. The normalized spacial score (nSPS) is 12.6. The van der Waals surface area contributed by atoms with Gasteiger partial charge in [0.25, 0.3) is 0 Å². The number of benzene rings is 2. The minimum absolute atomic E-state index is 0.488. The Morgan fingerprint density at radius 3 is 2.38 bits per heavy atom. The minimum atomic E-state index is -0.488. The summed E-state index contributed by atoms with van der Waals surface area (Å²) in [5.41, 5.74) is 3.51. The average molecular weight is 348 g/mol. The molecule has 0 spiro atoms. The molecule has 21 heavy (non-hydrogen) atoms. The number of halogens is 1. The zero-order valence-electron chi connectivity index (χ0n) is 12.5. The second-order valence-electron chi connectivity index (χ2n) is 5.60. The van der Waals surface area contributed by atoms with Crippen molar-refractivity contribution in [3.63, 3.8) is 0 Å². The van der Waals surface area contributed by atoms with E-state index in [1.54, 1.807) is 0 Å². The van der Waals surface area contributed by atoms with Crippen LogP contribution in [0.5, 0.6) is 0 Å². The largest absolute Gasteiger partial charge is 0.387 e. The molecule has 0 saturated carbocycles. The van der Waals surface area contributed by atoms with Crippen LogP contribution in [0.3, 0.4) is 0 Å². The van der Waals surface area contributed by atoms with Crippen molar-refractivity contribution >= 4 is 15.9 Å². The molecule has 2 rings (SSSR count). The number of hydrogen-bond acceptors (Lipinski definition) is 2. The van der Waals surface area contributed by atoms with Crippen LogP contribution in [0.25, 0.3) is 0 Å². The maximum atomic E-state index is 10.2. The Morgan fingerprint density at radius 1 is 1.05 bits per heavy atom. The molecule has 0 bridgehead atoms. The molecule has 0 heterocycles. The average Bonchev–Trinajstić information content (AvgIpc) is 2.47. The second kappa shape index (κ2) is 7.74. The highest BCUT2D eigenvalue weighted by molar-refractivity contribution is 9.10. The molecule has 0 amide bonds. The third-order valence-electron chi connectivity index (χ3n) is 3.55. The van der Waals surface area contributed by atoms with Gasteiger partial charge in [0.2, 0.25) is 0 Å². The van der Waals surface area contributed by atoms with Gasteiger partial charge in [-0.1, -0.05) is 66.2 Å². The van der Waals surface area contributed by atoms with Gasteiger partial charge in [0.1, 0.15) is 0 Å². The van der Waals surface area contributed by atoms with Gasteiger partial charge in [-0.3, -0.25) is 0 Å². The van der Waals surface area contributed by atoms with E-state index in [0.717, 1.165) is 16.6 Å². The van der Waals surface area contributed by atoms with Gasteiger partial charge in [-0.05, 0) is 34.7 Å². The summed E-state index contributed by atoms with van der Waals surface area (Å²) in [6.07, 6.45) is -0.488. The monoisotopic (exact) mass is 347 g/mol. The van der Waals surface area contributed by atoms with Gasteiger partial charge in [0, 0.05) is 17.6 Å². The number of rotatable bonds is 6. The van der Waals surface area contributed by atoms with Crippen molar-refractivity contribution in [3.05, 3.63) is 69.7 Å². The van der Waals surface area contributed by atoms with Gasteiger partial charge in [-0.2, -0.15) is 0 Å². The molecule has 0 aromatic heterocycles. The first-order valence-electron chi connectivity index (χ1n) is 7.29. The molecule has 0 aliphatic rings. The quantitative estimate of drug-likeness (QED) is 0.811. The fourth-order valence-electron chi connectivity index (χ4n) is 2.21. The number of aliphatic hydroxyl groups is 1. The van der Waals surface area contributed by atoms with Gasteiger partial charge in [0.15, 0.2) is 0 Å². The summed E-state index contributed by atoms with van der Waals surface area (Å²) in [4.78, 5) is 0. The zero-order valence-corrected chi connectivity index (χ0v) is 14.1. The van der Waals surface area contributed by atoms with E-state index in [9.17, 15) is 5.11 Å². The lowest BCUT2D eigenvalue weighted by atomic mass is 10.0. The number of nitrogens with one attached hydrogen (secondary N) is 1. The molecule has 2 nitrogen and oxygen atoms in total. The fraction of sp³-hybridized carbons (Fsp3) is 0.333. The Labute approximate surface area is 135 Å². The van der Waals surface area contributed by atoms with Crippen molar-refractivity contribution in [1.82, 2.24) is 5.32 Å². The summed E-state index contributed by atoms with van der Waals surface area (Å²) in [5, 5.41) is 13.5. The van der Waals surface area contributed by atoms with Gasteiger partial charge in [-0.25, -0.2) is 0 Å². The van der Waals surface area contributed by atoms with Crippen LogP contribution in [0, 0.1) is 0 Å². The smallest absolute Gasteiger partial charge is 0.0914 e. The molecule has 0 aliphatic heterocycles. The first-order chi connectivity index (χ1) is 10.1. The van der Waals surface area contributed by atoms with Gasteiger partial charge in [0.05, 0.1) is 6.10 Å². The van der Waals surface area contributed by atoms with Crippen molar-refractivity contribution in [2.45, 2.75) is 32.4 Å². The lowest BCUT2D eigenvalue weighted by molar-refractivity contribution is 0.174. The molecule has 0 aliphatic carbocycles. The van der Waals surface area contributed by atoms with Crippen molar-refractivity contribution < 1.29 is 5.11 Å². The first kappa shape index (κ1) is 16.2. The van der Waals surface area contributed by atoms with E-state index in [4.69, 9.17) is 0 Å². The lowest BCUT2D eigenvalue weighted by Crippen LogP contribution is -2.21. The summed E-state index contributed by atoms with van der Waals surface area (Å²) in [6.45, 7) is 5.70. The number of aliphatic hydroxyl groups excluding tert-OH is 1. The molecule has 1 unspecified atom stereocenters. The van der Waals surface area contributed by atoms with E-state index >= 15 is 0 Å². The van der Waals surface area contributed by atoms with Crippen LogP contribution >= 0.6 is 15.9 Å². The molecule has 112 valence electrons. The molecule has 2 N–H and O–H groups in total. The topological polar surface area (TPSA) is 32.3 Å². The van der Waals surface area contributed by atoms with E-state index in [2.05, 4.69) is 59.4 Å². The highest BCUT2D eigenvalue weighted by atomic mass is 79.9. The molecule has 0 fully saturated rings. The Kier molecular flexibility index (Phi) is 5.97. The van der Waals surface area contributed by atoms with Gasteiger partial charge >= 0.3 is 0 Å². The van der Waals surface area contributed by atoms with E-state index < -0.39 is 6.10 Å². The van der Waals surface area contributed by atoms with Crippen LogP contribution in [0.15, 0.2) is 53.0 Å². The second-order valence-corrected chi connectivity index (χ2v) is 6.51. The van der Waals surface area contributed by atoms with Crippen molar-refractivity contribution in [2.75, 3.05) is 6.54 Å². The molecule has 3 heteroatoms. The van der Waals surface area contributed by atoms with Crippen molar-refractivity contribution in [2.24, 2.45) is 0 Å². The standard InChI is InChI=1S/C18H22BrNO/c1-13(2)15-8-6-14(7-9-15)11-20-12-18(21)16-4-3-5-17(19)10-16/h3-10,13,18,20-21H,11-12H2,1-2H3. The predicted octanol–water partition coefficient (Wildman–Crippen LogP) is 4.40. The summed E-state index contributed by atoms with van der Waals surface area (Å²) in [5.74, 6) is 0.561. The molecular formula is C18H22BrNO. The first-order valence-corrected chi connectivity index (χ1v) is 8.08. The third-order valence-corrected chi connectivity index (χ3v) is 4.04. The Hall–Kier alpha value is -1.16. The zero-order chi connectivity index (χ0) is 15.2. The summed E-state index contributed by atoms with van der Waals surface area (Å²) < 4.78 is 0.989. The van der Waals surface area contributed by atoms with Crippen molar-refractivity contribution in [1.29, 1.82) is 0 Å². The fourth-order valence-corrected chi connectivity index (χ4v) is 2.62. The number of hydrogen-bond donors (Lipinski definition) is 2. The molecule has 0 saturated heterocycles. The third kappa shape index (κ3) is 4.95. The van der Waals surface area contributed by atoms with Gasteiger partial charge in [-0.15, -0.1) is 0 Å². The predicted molar refractivity (Wildman–Crippen MR) is 91.3 cm³/mol. The minimum Gasteiger partial charge on any atom is -0.387 e. The summed E-state index contributed by atoms with van der Waals surface area (Å²) >= 11 is 3.42. The van der Waals surface area contributed by atoms with Crippen LogP contribution < -0.4 is 5.32 Å². The maximum absolute atomic E-state index is 10.2. The van der Waals surface area contributed by atoms with E-state index in [0.29, 0.717) is 12.5 Å². The SMILES string of the molecule is CC(C)c1ccc(CNCC(O)c2cccc(Br)c2)cc1. The molecule has 1 atom stereocenters. The maximum Gasteiger partial charge on any atom is 0.0914 e. The van der Waals surface area contributed by atoms with Crippen molar-refractivity contribution in [3.8, 4) is 0 Å². The van der Waals surface area contributed by atoms with Crippen LogP contribution in [0.1, 0.15) is 42.6 Å². The van der Waals surface area contributed by atoms with Crippen LogP contribution in [0.4, 0.5) is 0 Å². The Balaban J connectivity index is 1.83. The molecule has 2 aromatic carbocycles. The lowest BCUT2D eigenvalue weighted by Gasteiger charge is -2.13. The Morgan fingerprint density at radius 2 is 1.76 bits per heavy atom.